The fourth-order valence-corrected chi connectivity index (χ4v) is 5.07. The number of hydrogen-bond donors (Lipinski definition) is 0. The Morgan fingerprint density at radius 2 is 1.69 bits per heavy atom. The van der Waals surface area contributed by atoms with Gasteiger partial charge in [0.25, 0.3) is 5.91 Å². The lowest BCUT2D eigenvalue weighted by Crippen LogP contribution is -2.56. The van der Waals surface area contributed by atoms with Crippen molar-refractivity contribution in [1.82, 2.24) is 14.7 Å². The summed E-state index contributed by atoms with van der Waals surface area (Å²) in [5, 5.41) is 2.24. The lowest BCUT2D eigenvalue weighted by Gasteiger charge is -2.42. The highest BCUT2D eigenvalue weighted by Gasteiger charge is 2.57. The van der Waals surface area contributed by atoms with Crippen LogP contribution in [0.2, 0.25) is 0 Å². The number of likely N-dealkylation sites (tertiary alicyclic amines) is 1. The molecule has 0 bridgehead atoms. The summed E-state index contributed by atoms with van der Waals surface area (Å²) in [4.78, 5) is 32.6. The molecule has 4 rings (SSSR count). The van der Waals surface area contributed by atoms with Crippen molar-refractivity contribution in [2.45, 2.75) is 45.7 Å². The molecule has 0 aliphatic carbocycles. The first-order valence-electron chi connectivity index (χ1n) is 10.8. The summed E-state index contributed by atoms with van der Waals surface area (Å²) >= 11 is 0. The molecule has 2 saturated heterocycles. The predicted octanol–water partition coefficient (Wildman–Crippen LogP) is 4.11. The minimum absolute atomic E-state index is 0.0125. The summed E-state index contributed by atoms with van der Waals surface area (Å²) < 4.78 is 0. The summed E-state index contributed by atoms with van der Waals surface area (Å²) in [6, 6.07) is 14.1. The largest absolute Gasteiger partial charge is 0.327 e. The van der Waals surface area contributed by atoms with Crippen molar-refractivity contribution in [3.63, 3.8) is 0 Å². The van der Waals surface area contributed by atoms with Gasteiger partial charge in [-0.15, -0.1) is 0 Å². The van der Waals surface area contributed by atoms with Crippen molar-refractivity contribution in [2.75, 3.05) is 26.2 Å². The van der Waals surface area contributed by atoms with Crippen LogP contribution in [-0.2, 0) is 11.3 Å². The first kappa shape index (κ1) is 19.9. The molecule has 2 aromatic rings. The number of rotatable bonds is 5. The molecule has 5 nitrogen and oxygen atoms in total. The van der Waals surface area contributed by atoms with Crippen LogP contribution in [0.4, 0.5) is 4.79 Å². The Morgan fingerprint density at radius 3 is 2.38 bits per heavy atom. The highest BCUT2D eigenvalue weighted by molar-refractivity contribution is 6.07. The van der Waals surface area contributed by atoms with Gasteiger partial charge < -0.3 is 9.80 Å². The minimum atomic E-state index is -0.663. The van der Waals surface area contributed by atoms with Gasteiger partial charge in [-0.3, -0.25) is 9.69 Å². The fourth-order valence-electron chi connectivity index (χ4n) is 5.07. The molecule has 0 radical (unpaired) electrons. The highest BCUT2D eigenvalue weighted by Crippen LogP contribution is 2.38. The number of imide groups is 1. The van der Waals surface area contributed by atoms with E-state index in [0.29, 0.717) is 19.0 Å². The van der Waals surface area contributed by atoms with Gasteiger partial charge in [0.2, 0.25) is 0 Å². The number of amides is 3. The van der Waals surface area contributed by atoms with Gasteiger partial charge in [0.1, 0.15) is 5.54 Å². The predicted molar refractivity (Wildman–Crippen MR) is 116 cm³/mol. The molecule has 0 N–H and O–H groups in total. The molecule has 2 aromatic carbocycles. The maximum atomic E-state index is 13.6. The summed E-state index contributed by atoms with van der Waals surface area (Å²) in [5.74, 6) is 0.594. The van der Waals surface area contributed by atoms with Crippen molar-refractivity contribution in [1.29, 1.82) is 0 Å². The van der Waals surface area contributed by atoms with Crippen LogP contribution in [0.25, 0.3) is 10.8 Å². The van der Waals surface area contributed by atoms with Crippen LogP contribution in [-0.4, -0.2) is 58.4 Å². The van der Waals surface area contributed by atoms with E-state index in [0.717, 1.165) is 48.8 Å². The molecule has 3 amide bonds. The van der Waals surface area contributed by atoms with Gasteiger partial charge in [-0.25, -0.2) is 4.79 Å². The zero-order valence-corrected chi connectivity index (χ0v) is 17.7. The van der Waals surface area contributed by atoms with Crippen LogP contribution in [0, 0.1) is 5.92 Å². The zero-order valence-electron chi connectivity index (χ0n) is 17.7. The third-order valence-corrected chi connectivity index (χ3v) is 6.45. The van der Waals surface area contributed by atoms with Gasteiger partial charge in [-0.2, -0.15) is 0 Å². The van der Waals surface area contributed by atoms with E-state index in [1.807, 2.05) is 36.1 Å². The van der Waals surface area contributed by atoms with Crippen LogP contribution in [0.1, 0.15) is 39.2 Å². The molecule has 0 saturated carbocycles. The number of carbonyl (C=O) groups excluding carboxylic acids is 2. The third kappa shape index (κ3) is 3.42. The van der Waals surface area contributed by atoms with E-state index in [9.17, 15) is 9.59 Å². The normalized spacial score (nSPS) is 19.9. The van der Waals surface area contributed by atoms with E-state index >= 15 is 0 Å². The molecule has 0 aromatic heterocycles. The molecule has 0 atom stereocenters. The number of carbonyl (C=O) groups is 2. The maximum absolute atomic E-state index is 13.6. The molecule has 2 fully saturated rings. The molecule has 154 valence electrons. The monoisotopic (exact) mass is 393 g/mol. The third-order valence-electron chi connectivity index (χ3n) is 6.45. The number of hydrogen-bond acceptors (Lipinski definition) is 3. The Bertz CT molecular complexity index is 910. The SMILES string of the molecule is CCN1C(=O)N(Cc2cccc3ccccc23)C(=O)C12CCN(CC(C)C)CC2. The Morgan fingerprint density at radius 1 is 1.00 bits per heavy atom. The highest BCUT2D eigenvalue weighted by atomic mass is 16.2. The number of fused-ring (bicyclic) bond motifs is 1. The van der Waals surface area contributed by atoms with Crippen LogP contribution < -0.4 is 0 Å². The molecule has 0 unspecified atom stereocenters. The summed E-state index contributed by atoms with van der Waals surface area (Å²) in [7, 11) is 0. The van der Waals surface area contributed by atoms with E-state index in [2.05, 4.69) is 36.9 Å². The van der Waals surface area contributed by atoms with E-state index in [1.54, 1.807) is 0 Å². The molecule has 5 heteroatoms. The number of piperidine rings is 1. The molecule has 29 heavy (non-hydrogen) atoms. The van der Waals surface area contributed by atoms with Crippen LogP contribution >= 0.6 is 0 Å². The van der Waals surface area contributed by atoms with Gasteiger partial charge in [-0.1, -0.05) is 56.3 Å². The lowest BCUT2D eigenvalue weighted by atomic mass is 9.85. The Hall–Kier alpha value is -2.40. The van der Waals surface area contributed by atoms with Gasteiger partial charge in [-0.05, 0) is 42.0 Å². The molecule has 2 aliphatic heterocycles. The molecule has 2 heterocycles. The second-order valence-electron chi connectivity index (χ2n) is 8.78. The Balaban J connectivity index is 1.60. The van der Waals surface area contributed by atoms with Crippen molar-refractivity contribution < 1.29 is 9.59 Å². The van der Waals surface area contributed by atoms with Crippen LogP contribution in [0.5, 0.6) is 0 Å². The number of benzene rings is 2. The zero-order chi connectivity index (χ0) is 20.6. The number of likely N-dealkylation sites (N-methyl/N-ethyl adjacent to an activating group) is 1. The number of urea groups is 1. The Kier molecular flexibility index (Phi) is 5.34. The van der Waals surface area contributed by atoms with Crippen LogP contribution in [0.15, 0.2) is 42.5 Å². The van der Waals surface area contributed by atoms with Gasteiger partial charge in [0.05, 0.1) is 6.54 Å². The van der Waals surface area contributed by atoms with Crippen molar-refractivity contribution in [3.05, 3.63) is 48.0 Å². The molecular formula is C24H31N3O2. The lowest BCUT2D eigenvalue weighted by molar-refractivity contribution is -0.136. The second kappa shape index (κ2) is 7.79. The first-order valence-corrected chi connectivity index (χ1v) is 10.8. The maximum Gasteiger partial charge on any atom is 0.327 e. The molecule has 2 aliphatic rings. The summed E-state index contributed by atoms with van der Waals surface area (Å²) in [6.07, 6.45) is 1.45. The fraction of sp³-hybridized carbons (Fsp3) is 0.500. The average Bonchev–Trinajstić information content (AvgIpc) is 2.90. The van der Waals surface area contributed by atoms with Gasteiger partial charge in [0, 0.05) is 26.2 Å². The summed E-state index contributed by atoms with van der Waals surface area (Å²) in [5.41, 5.74) is 0.360. The van der Waals surface area contributed by atoms with Gasteiger partial charge >= 0.3 is 6.03 Å². The molecule has 1 spiro atoms. The van der Waals surface area contributed by atoms with Crippen molar-refractivity contribution >= 4 is 22.7 Å². The number of nitrogens with zero attached hydrogens (tertiary/aromatic N) is 3. The van der Waals surface area contributed by atoms with E-state index in [4.69, 9.17) is 0 Å². The standard InChI is InChI=1S/C24H31N3O2/c1-4-27-23(29)26(17-20-10-7-9-19-8-5-6-11-21(19)20)22(28)24(27)12-14-25(15-13-24)16-18(2)3/h5-11,18H,4,12-17H2,1-3H3. The Labute approximate surface area is 173 Å². The van der Waals surface area contributed by atoms with Gasteiger partial charge in [0.15, 0.2) is 0 Å². The second-order valence-corrected chi connectivity index (χ2v) is 8.78. The minimum Gasteiger partial charge on any atom is -0.310 e. The smallest absolute Gasteiger partial charge is 0.310 e. The van der Waals surface area contributed by atoms with E-state index in [-0.39, 0.29) is 11.9 Å². The first-order chi connectivity index (χ1) is 14.0. The van der Waals surface area contributed by atoms with Crippen molar-refractivity contribution in [2.24, 2.45) is 5.92 Å². The average molecular weight is 394 g/mol. The van der Waals surface area contributed by atoms with E-state index in [1.165, 1.54) is 4.90 Å². The quantitative estimate of drug-likeness (QED) is 0.718. The van der Waals surface area contributed by atoms with Crippen molar-refractivity contribution in [3.8, 4) is 0 Å². The van der Waals surface area contributed by atoms with Crippen LogP contribution in [0.3, 0.4) is 0 Å². The summed E-state index contributed by atoms with van der Waals surface area (Å²) in [6.45, 7) is 10.1. The molecular weight excluding hydrogens is 362 g/mol. The topological polar surface area (TPSA) is 43.9 Å². The van der Waals surface area contributed by atoms with E-state index < -0.39 is 5.54 Å².